The second-order valence-corrected chi connectivity index (χ2v) is 6.27. The molecule has 0 radical (unpaired) electrons. The van der Waals surface area contributed by atoms with Gasteiger partial charge in [-0.1, -0.05) is 34.8 Å². The van der Waals surface area contributed by atoms with Gasteiger partial charge < -0.3 is 0 Å². The topological polar surface area (TPSA) is 43.1 Å². The summed E-state index contributed by atoms with van der Waals surface area (Å²) in [6, 6.07) is 5.26. The first-order valence-corrected chi connectivity index (χ1v) is 7.38. The predicted octanol–water partition coefficient (Wildman–Crippen LogP) is 4.70. The molecule has 1 aromatic rings. The monoisotopic (exact) mass is 331 g/mol. The zero-order valence-corrected chi connectivity index (χ0v) is 12.3. The molecule has 2 atom stereocenters. The Balaban J connectivity index is 2.20. The molecular formula is C13H15BrClNO2. The van der Waals surface area contributed by atoms with E-state index < -0.39 is 0 Å². The maximum absolute atomic E-state index is 11.0. The Morgan fingerprint density at radius 2 is 2.11 bits per heavy atom. The van der Waals surface area contributed by atoms with Gasteiger partial charge in [-0.2, -0.15) is 0 Å². The summed E-state index contributed by atoms with van der Waals surface area (Å²) in [5, 5.41) is 11.2. The van der Waals surface area contributed by atoms with Crippen molar-refractivity contribution in [2.75, 3.05) is 0 Å². The number of hydrogen-bond acceptors (Lipinski definition) is 2. The predicted molar refractivity (Wildman–Crippen MR) is 76.1 cm³/mol. The molecular weight excluding hydrogens is 318 g/mol. The molecule has 0 saturated heterocycles. The summed E-state index contributed by atoms with van der Waals surface area (Å²) < 4.78 is 0.740. The minimum Gasteiger partial charge on any atom is -0.258 e. The molecule has 0 heterocycles. The van der Waals surface area contributed by atoms with Gasteiger partial charge in [0.2, 0.25) is 0 Å². The highest BCUT2D eigenvalue weighted by Crippen LogP contribution is 2.34. The van der Waals surface area contributed by atoms with Crippen LogP contribution in [0.1, 0.15) is 31.2 Å². The summed E-state index contributed by atoms with van der Waals surface area (Å²) in [6.45, 7) is 0. The Morgan fingerprint density at radius 1 is 1.39 bits per heavy atom. The number of benzene rings is 1. The lowest BCUT2D eigenvalue weighted by atomic mass is 9.84. The van der Waals surface area contributed by atoms with Crippen LogP contribution < -0.4 is 0 Å². The van der Waals surface area contributed by atoms with Crippen LogP contribution in [0.15, 0.2) is 22.7 Å². The minimum absolute atomic E-state index is 0.155. The molecule has 3 nitrogen and oxygen atoms in total. The summed E-state index contributed by atoms with van der Waals surface area (Å²) in [7, 11) is 0. The zero-order chi connectivity index (χ0) is 13.1. The van der Waals surface area contributed by atoms with Crippen LogP contribution in [0.2, 0.25) is 0 Å². The number of alkyl halides is 1. The van der Waals surface area contributed by atoms with E-state index in [0.29, 0.717) is 12.3 Å². The first kappa shape index (κ1) is 13.8. The summed E-state index contributed by atoms with van der Waals surface area (Å²) in [4.78, 5) is 10.7. The van der Waals surface area contributed by atoms with Crippen LogP contribution in [0.3, 0.4) is 0 Å². The van der Waals surface area contributed by atoms with E-state index in [0.717, 1.165) is 22.9 Å². The van der Waals surface area contributed by atoms with Gasteiger partial charge in [-0.3, -0.25) is 10.1 Å². The van der Waals surface area contributed by atoms with Crippen molar-refractivity contribution in [2.45, 2.75) is 37.5 Å². The quantitative estimate of drug-likeness (QED) is 0.457. The molecule has 0 aromatic heterocycles. The molecule has 5 heteroatoms. The lowest BCUT2D eigenvalue weighted by molar-refractivity contribution is -0.385. The summed E-state index contributed by atoms with van der Waals surface area (Å²) in [5.41, 5.74) is 0.986. The third-order valence-electron chi connectivity index (χ3n) is 3.54. The van der Waals surface area contributed by atoms with Crippen LogP contribution in [-0.4, -0.2) is 10.3 Å². The Labute approximate surface area is 120 Å². The molecule has 0 amide bonds. The molecule has 98 valence electrons. The summed E-state index contributed by atoms with van der Waals surface area (Å²) in [6.07, 6.45) is 5.15. The number of hydrogen-bond donors (Lipinski definition) is 0. The van der Waals surface area contributed by atoms with Crippen molar-refractivity contribution in [3.05, 3.63) is 38.3 Å². The van der Waals surface area contributed by atoms with Crippen LogP contribution in [0.5, 0.6) is 0 Å². The Kier molecular flexibility index (Phi) is 4.62. The third kappa shape index (κ3) is 3.23. The van der Waals surface area contributed by atoms with E-state index in [2.05, 4.69) is 15.9 Å². The van der Waals surface area contributed by atoms with E-state index in [1.807, 2.05) is 12.1 Å². The van der Waals surface area contributed by atoms with Gasteiger partial charge in [-0.25, -0.2) is 0 Å². The van der Waals surface area contributed by atoms with Crippen molar-refractivity contribution in [3.8, 4) is 0 Å². The van der Waals surface area contributed by atoms with Crippen LogP contribution in [-0.2, 0) is 6.42 Å². The zero-order valence-electron chi connectivity index (χ0n) is 9.94. The van der Waals surface area contributed by atoms with Crippen molar-refractivity contribution in [2.24, 2.45) is 5.92 Å². The molecule has 1 aliphatic carbocycles. The van der Waals surface area contributed by atoms with Crippen molar-refractivity contribution in [3.63, 3.8) is 0 Å². The van der Waals surface area contributed by atoms with Gasteiger partial charge in [0.25, 0.3) is 5.69 Å². The Hall–Kier alpha value is -0.610. The van der Waals surface area contributed by atoms with Crippen LogP contribution >= 0.6 is 27.5 Å². The molecule has 2 unspecified atom stereocenters. The maximum Gasteiger partial charge on any atom is 0.273 e. The molecule has 0 bridgehead atoms. The summed E-state index contributed by atoms with van der Waals surface area (Å²) in [5.74, 6) is 0.361. The lowest BCUT2D eigenvalue weighted by Gasteiger charge is -2.26. The standard InChI is InChI=1S/C13H15BrClNO2/c14-11-6-5-10(13(8-11)16(17)18)7-9-3-1-2-4-12(9)15/h5-6,8-9,12H,1-4,7H2. The average Bonchev–Trinajstić information content (AvgIpc) is 2.34. The number of rotatable bonds is 3. The smallest absolute Gasteiger partial charge is 0.258 e. The van der Waals surface area contributed by atoms with Crippen molar-refractivity contribution in [1.82, 2.24) is 0 Å². The molecule has 18 heavy (non-hydrogen) atoms. The first-order valence-electron chi connectivity index (χ1n) is 6.15. The normalized spacial score (nSPS) is 23.9. The van der Waals surface area contributed by atoms with Crippen LogP contribution in [0, 0.1) is 16.0 Å². The fourth-order valence-electron chi connectivity index (χ4n) is 2.55. The first-order chi connectivity index (χ1) is 8.58. The Morgan fingerprint density at radius 3 is 2.78 bits per heavy atom. The lowest BCUT2D eigenvalue weighted by Crippen LogP contribution is -2.22. The number of nitrogens with zero attached hydrogens (tertiary/aromatic N) is 1. The highest BCUT2D eigenvalue weighted by molar-refractivity contribution is 9.10. The van der Waals surface area contributed by atoms with Gasteiger partial charge in [0.05, 0.1) is 4.92 Å². The minimum atomic E-state index is -0.313. The Bertz CT molecular complexity index is 453. The van der Waals surface area contributed by atoms with E-state index in [1.54, 1.807) is 6.07 Å². The molecule has 1 aromatic carbocycles. The SMILES string of the molecule is O=[N+]([O-])c1cc(Br)ccc1CC1CCCCC1Cl. The summed E-state index contributed by atoms with van der Waals surface area (Å²) >= 11 is 9.59. The van der Waals surface area contributed by atoms with E-state index >= 15 is 0 Å². The van der Waals surface area contributed by atoms with Crippen molar-refractivity contribution < 1.29 is 4.92 Å². The van der Waals surface area contributed by atoms with E-state index in [1.165, 1.54) is 12.8 Å². The molecule has 1 saturated carbocycles. The third-order valence-corrected chi connectivity index (χ3v) is 4.61. The molecule has 0 N–H and O–H groups in total. The second kappa shape index (κ2) is 6.02. The fourth-order valence-corrected chi connectivity index (χ4v) is 3.27. The molecule has 2 rings (SSSR count). The maximum atomic E-state index is 11.0. The van der Waals surface area contributed by atoms with Crippen molar-refractivity contribution in [1.29, 1.82) is 0 Å². The van der Waals surface area contributed by atoms with Gasteiger partial charge in [-0.05, 0) is 31.2 Å². The van der Waals surface area contributed by atoms with E-state index in [4.69, 9.17) is 11.6 Å². The van der Waals surface area contributed by atoms with Gasteiger partial charge in [0.1, 0.15) is 0 Å². The van der Waals surface area contributed by atoms with Crippen LogP contribution in [0.25, 0.3) is 0 Å². The second-order valence-electron chi connectivity index (χ2n) is 4.79. The highest BCUT2D eigenvalue weighted by atomic mass is 79.9. The molecule has 1 aliphatic rings. The van der Waals surface area contributed by atoms with Gasteiger partial charge in [-0.15, -0.1) is 11.6 Å². The number of nitro benzene ring substituents is 1. The molecule has 1 fully saturated rings. The molecule has 0 aliphatic heterocycles. The van der Waals surface area contributed by atoms with Gasteiger partial charge in [0.15, 0.2) is 0 Å². The van der Waals surface area contributed by atoms with Gasteiger partial charge in [0, 0.05) is 21.5 Å². The molecule has 0 spiro atoms. The fraction of sp³-hybridized carbons (Fsp3) is 0.538. The van der Waals surface area contributed by atoms with Crippen molar-refractivity contribution >= 4 is 33.2 Å². The largest absolute Gasteiger partial charge is 0.273 e. The van der Waals surface area contributed by atoms with Gasteiger partial charge >= 0.3 is 0 Å². The van der Waals surface area contributed by atoms with E-state index in [9.17, 15) is 10.1 Å². The highest BCUT2D eigenvalue weighted by Gasteiger charge is 2.26. The van der Waals surface area contributed by atoms with E-state index in [-0.39, 0.29) is 16.0 Å². The average molecular weight is 333 g/mol. The van der Waals surface area contributed by atoms with Crippen LogP contribution in [0.4, 0.5) is 5.69 Å². The number of halogens is 2. The number of nitro groups is 1.